The number of hydrogen-bond donors (Lipinski definition) is 1. The fourth-order valence-electron chi connectivity index (χ4n) is 2.18. The zero-order valence-electron chi connectivity index (χ0n) is 14.0. The molecule has 1 heterocycles. The minimum atomic E-state index is -0.231. The van der Waals surface area contributed by atoms with Gasteiger partial charge in [-0.05, 0) is 46.8 Å². The van der Waals surface area contributed by atoms with E-state index in [4.69, 9.17) is 4.74 Å². The average molecular weight is 338 g/mol. The van der Waals surface area contributed by atoms with Gasteiger partial charge >= 0.3 is 0 Å². The summed E-state index contributed by atoms with van der Waals surface area (Å²) in [7, 11) is 3.93. The molecule has 0 aliphatic heterocycles. The summed E-state index contributed by atoms with van der Waals surface area (Å²) in [5.41, 5.74) is 2.54. The standard InChI is InChI=1S/C17H18N6O2/c1-22(2)14-8-6-13(7-9-14)19-17(24)11-25-16-5-3-4-15(10-16)23-12-18-20-21-23/h3-10,12H,11H2,1-2H3,(H,19,24). The van der Waals surface area contributed by atoms with Crippen molar-refractivity contribution in [3.8, 4) is 11.4 Å². The van der Waals surface area contributed by atoms with Crippen LogP contribution >= 0.6 is 0 Å². The molecule has 0 radical (unpaired) electrons. The Morgan fingerprint density at radius 2 is 2.00 bits per heavy atom. The zero-order chi connectivity index (χ0) is 17.6. The molecule has 1 amide bonds. The molecule has 1 N–H and O–H groups in total. The fourth-order valence-corrected chi connectivity index (χ4v) is 2.18. The first-order valence-corrected chi connectivity index (χ1v) is 7.65. The number of tetrazole rings is 1. The van der Waals surface area contributed by atoms with Gasteiger partial charge in [0.2, 0.25) is 0 Å². The minimum absolute atomic E-state index is 0.0888. The molecule has 1 aromatic heterocycles. The molecule has 0 atom stereocenters. The number of nitrogens with one attached hydrogen (secondary N) is 1. The van der Waals surface area contributed by atoms with Gasteiger partial charge < -0.3 is 15.0 Å². The van der Waals surface area contributed by atoms with E-state index in [1.165, 1.54) is 11.0 Å². The lowest BCUT2D eigenvalue weighted by atomic mass is 10.2. The van der Waals surface area contributed by atoms with Gasteiger partial charge in [-0.1, -0.05) is 6.07 Å². The third kappa shape index (κ3) is 4.31. The second kappa shape index (κ2) is 7.43. The van der Waals surface area contributed by atoms with Crippen LogP contribution in [0.25, 0.3) is 5.69 Å². The molecule has 0 unspecified atom stereocenters. The minimum Gasteiger partial charge on any atom is -0.484 e. The van der Waals surface area contributed by atoms with E-state index in [0.29, 0.717) is 5.75 Å². The van der Waals surface area contributed by atoms with Gasteiger partial charge in [0.25, 0.3) is 5.91 Å². The molecular formula is C17H18N6O2. The maximum atomic E-state index is 12.0. The van der Waals surface area contributed by atoms with Crippen LogP contribution in [0.3, 0.4) is 0 Å². The van der Waals surface area contributed by atoms with Gasteiger partial charge in [0.05, 0.1) is 5.69 Å². The van der Waals surface area contributed by atoms with Crippen molar-refractivity contribution in [2.75, 3.05) is 30.9 Å². The maximum absolute atomic E-state index is 12.0. The van der Waals surface area contributed by atoms with E-state index in [9.17, 15) is 4.79 Å². The molecule has 0 spiro atoms. The Hall–Kier alpha value is -3.42. The predicted octanol–water partition coefficient (Wildman–Crippen LogP) is 1.75. The summed E-state index contributed by atoms with van der Waals surface area (Å²) >= 11 is 0. The summed E-state index contributed by atoms with van der Waals surface area (Å²) in [6.45, 7) is -0.0888. The van der Waals surface area contributed by atoms with E-state index in [1.54, 1.807) is 12.1 Å². The zero-order valence-corrected chi connectivity index (χ0v) is 14.0. The molecule has 0 aliphatic rings. The van der Waals surface area contributed by atoms with E-state index < -0.39 is 0 Å². The Labute approximate surface area is 145 Å². The van der Waals surface area contributed by atoms with Gasteiger partial charge in [0.15, 0.2) is 6.61 Å². The number of nitrogens with zero attached hydrogens (tertiary/aromatic N) is 5. The highest BCUT2D eigenvalue weighted by Gasteiger charge is 2.06. The number of rotatable bonds is 6. The monoisotopic (exact) mass is 338 g/mol. The van der Waals surface area contributed by atoms with Crippen LogP contribution in [-0.4, -0.2) is 46.8 Å². The van der Waals surface area contributed by atoms with Crippen LogP contribution in [0.2, 0.25) is 0 Å². The summed E-state index contributed by atoms with van der Waals surface area (Å²) in [4.78, 5) is 14.0. The number of hydrogen-bond acceptors (Lipinski definition) is 6. The van der Waals surface area contributed by atoms with Gasteiger partial charge in [-0.15, -0.1) is 5.10 Å². The molecule has 0 saturated heterocycles. The molecule has 0 bridgehead atoms. The van der Waals surface area contributed by atoms with Crippen molar-refractivity contribution < 1.29 is 9.53 Å². The van der Waals surface area contributed by atoms with Crippen molar-refractivity contribution in [1.29, 1.82) is 0 Å². The lowest BCUT2D eigenvalue weighted by molar-refractivity contribution is -0.118. The molecule has 0 fully saturated rings. The third-order valence-electron chi connectivity index (χ3n) is 3.47. The largest absolute Gasteiger partial charge is 0.484 e. The van der Waals surface area contributed by atoms with E-state index in [2.05, 4.69) is 20.8 Å². The molecule has 128 valence electrons. The molecule has 2 aromatic carbocycles. The molecule has 25 heavy (non-hydrogen) atoms. The van der Waals surface area contributed by atoms with Crippen LogP contribution in [0.5, 0.6) is 5.75 Å². The fraction of sp³-hybridized carbons (Fsp3) is 0.176. The summed E-state index contributed by atoms with van der Waals surface area (Å²) in [6.07, 6.45) is 1.49. The van der Waals surface area contributed by atoms with Crippen LogP contribution < -0.4 is 15.0 Å². The van der Waals surface area contributed by atoms with Crippen LogP contribution in [0.1, 0.15) is 0 Å². The summed E-state index contributed by atoms with van der Waals surface area (Å²) in [5.74, 6) is 0.330. The van der Waals surface area contributed by atoms with Crippen LogP contribution in [0.4, 0.5) is 11.4 Å². The molecule has 0 aliphatic carbocycles. The Balaban J connectivity index is 1.56. The van der Waals surface area contributed by atoms with Gasteiger partial charge in [-0.3, -0.25) is 4.79 Å². The van der Waals surface area contributed by atoms with Gasteiger partial charge in [0.1, 0.15) is 12.1 Å². The second-order valence-corrected chi connectivity index (χ2v) is 5.53. The van der Waals surface area contributed by atoms with E-state index >= 15 is 0 Å². The number of carbonyl (C=O) groups is 1. The van der Waals surface area contributed by atoms with Crippen LogP contribution in [0.15, 0.2) is 54.9 Å². The molecule has 8 nitrogen and oxygen atoms in total. The molecular weight excluding hydrogens is 320 g/mol. The van der Waals surface area contributed by atoms with E-state index in [-0.39, 0.29) is 12.5 Å². The lowest BCUT2D eigenvalue weighted by Crippen LogP contribution is -2.20. The second-order valence-electron chi connectivity index (χ2n) is 5.53. The Morgan fingerprint density at radius 1 is 1.20 bits per heavy atom. The van der Waals surface area contributed by atoms with Crippen LogP contribution in [-0.2, 0) is 4.79 Å². The molecule has 3 aromatic rings. The van der Waals surface area contributed by atoms with E-state index in [0.717, 1.165) is 17.1 Å². The highest BCUT2D eigenvalue weighted by atomic mass is 16.5. The molecule has 8 heteroatoms. The van der Waals surface area contributed by atoms with Crippen molar-refractivity contribution in [2.45, 2.75) is 0 Å². The SMILES string of the molecule is CN(C)c1ccc(NC(=O)COc2cccc(-n3cnnn3)c2)cc1. The molecule has 3 rings (SSSR count). The first-order chi connectivity index (χ1) is 12.1. The smallest absolute Gasteiger partial charge is 0.262 e. The lowest BCUT2D eigenvalue weighted by Gasteiger charge is -2.13. The number of aromatic nitrogens is 4. The summed E-state index contributed by atoms with van der Waals surface area (Å²) in [5, 5.41) is 13.8. The predicted molar refractivity (Wildman–Crippen MR) is 94.0 cm³/mol. The normalized spacial score (nSPS) is 10.3. The van der Waals surface area contributed by atoms with Crippen molar-refractivity contribution >= 4 is 17.3 Å². The van der Waals surface area contributed by atoms with Crippen molar-refractivity contribution in [2.24, 2.45) is 0 Å². The van der Waals surface area contributed by atoms with Gasteiger partial charge in [-0.2, -0.15) is 0 Å². The van der Waals surface area contributed by atoms with Gasteiger partial charge in [-0.25, -0.2) is 4.68 Å². The number of benzene rings is 2. The first kappa shape index (κ1) is 16.4. The summed E-state index contributed by atoms with van der Waals surface area (Å²) < 4.78 is 7.05. The summed E-state index contributed by atoms with van der Waals surface area (Å²) in [6, 6.07) is 14.8. The first-order valence-electron chi connectivity index (χ1n) is 7.65. The Bertz CT molecular complexity index is 831. The van der Waals surface area contributed by atoms with Gasteiger partial charge in [0, 0.05) is 31.5 Å². The van der Waals surface area contributed by atoms with Crippen molar-refractivity contribution in [1.82, 2.24) is 20.2 Å². The highest BCUT2D eigenvalue weighted by molar-refractivity contribution is 5.92. The quantitative estimate of drug-likeness (QED) is 0.737. The van der Waals surface area contributed by atoms with Crippen LogP contribution in [0, 0.1) is 0 Å². The third-order valence-corrected chi connectivity index (χ3v) is 3.47. The number of amides is 1. The topological polar surface area (TPSA) is 85.2 Å². The Morgan fingerprint density at radius 3 is 2.68 bits per heavy atom. The average Bonchev–Trinajstić information content (AvgIpc) is 3.15. The number of carbonyl (C=O) groups excluding carboxylic acids is 1. The van der Waals surface area contributed by atoms with E-state index in [1.807, 2.05) is 55.4 Å². The Kier molecular flexibility index (Phi) is 4.89. The number of ether oxygens (including phenoxy) is 1. The molecule has 0 saturated carbocycles. The highest BCUT2D eigenvalue weighted by Crippen LogP contribution is 2.17. The van der Waals surface area contributed by atoms with Crippen molar-refractivity contribution in [3.63, 3.8) is 0 Å². The van der Waals surface area contributed by atoms with Crippen molar-refractivity contribution in [3.05, 3.63) is 54.9 Å². The maximum Gasteiger partial charge on any atom is 0.262 e. The number of anilines is 2.